The van der Waals surface area contributed by atoms with Gasteiger partial charge in [-0.2, -0.15) is 0 Å². The molecule has 1 aromatic heterocycles. The smallest absolute Gasteiger partial charge is 0.148 e. The fourth-order valence-electron chi connectivity index (χ4n) is 4.71. The molecule has 2 aromatic rings. The van der Waals surface area contributed by atoms with Crippen LogP contribution in [0.4, 0.5) is 0 Å². The molecule has 0 unspecified atom stereocenters. The Balaban J connectivity index is 1.39. The van der Waals surface area contributed by atoms with Crippen molar-refractivity contribution in [2.24, 2.45) is 0 Å². The summed E-state index contributed by atoms with van der Waals surface area (Å²) < 4.78 is 7.49. The standard InChI is InChI=1S/C19H27N5O2/c1-14-20-21-22-24(14)11-5-10-23-12-8-19(9-13-23)16-7-4-3-6-15(16)17(26-2)18(19)25/h3-4,6-7,17-18,25H,5,8-13H2,1-2H3/t17-,18+/m1/s1. The van der Waals surface area contributed by atoms with Gasteiger partial charge in [-0.15, -0.1) is 5.10 Å². The first-order valence-corrected chi connectivity index (χ1v) is 9.41. The molecule has 1 N–H and O–H groups in total. The fraction of sp³-hybridized carbons (Fsp3) is 0.632. The molecule has 0 saturated carbocycles. The number of hydrogen-bond acceptors (Lipinski definition) is 6. The van der Waals surface area contributed by atoms with E-state index in [1.54, 1.807) is 7.11 Å². The lowest BCUT2D eigenvalue weighted by molar-refractivity contribution is -0.0546. The molecule has 1 saturated heterocycles. The van der Waals surface area contributed by atoms with E-state index in [2.05, 4.69) is 38.6 Å². The van der Waals surface area contributed by atoms with E-state index in [0.29, 0.717) is 0 Å². The van der Waals surface area contributed by atoms with Crippen molar-refractivity contribution in [1.82, 2.24) is 25.1 Å². The minimum atomic E-state index is -0.462. The van der Waals surface area contributed by atoms with E-state index in [-0.39, 0.29) is 11.5 Å². The van der Waals surface area contributed by atoms with Gasteiger partial charge in [-0.1, -0.05) is 24.3 Å². The Labute approximate surface area is 154 Å². The number of benzene rings is 1. The predicted molar refractivity (Wildman–Crippen MR) is 96.7 cm³/mol. The zero-order valence-electron chi connectivity index (χ0n) is 15.5. The van der Waals surface area contributed by atoms with Crippen LogP contribution in [0.1, 0.15) is 42.3 Å². The number of aryl methyl sites for hydroxylation is 2. The number of tetrazole rings is 1. The quantitative estimate of drug-likeness (QED) is 0.873. The van der Waals surface area contributed by atoms with Crippen LogP contribution in [0.15, 0.2) is 24.3 Å². The van der Waals surface area contributed by atoms with Crippen LogP contribution in [-0.2, 0) is 16.7 Å². The summed E-state index contributed by atoms with van der Waals surface area (Å²) in [6, 6.07) is 8.38. The molecule has 140 valence electrons. The minimum absolute atomic E-state index is 0.166. The second-order valence-corrected chi connectivity index (χ2v) is 7.49. The Hall–Kier alpha value is -1.83. The first kappa shape index (κ1) is 17.6. The molecule has 0 radical (unpaired) electrons. The molecule has 0 bridgehead atoms. The van der Waals surface area contributed by atoms with Crippen molar-refractivity contribution in [3.05, 3.63) is 41.2 Å². The number of ether oxygens (including phenoxy) is 1. The summed E-state index contributed by atoms with van der Waals surface area (Å²) in [4.78, 5) is 2.49. The highest BCUT2D eigenvalue weighted by atomic mass is 16.5. The molecule has 7 nitrogen and oxygen atoms in total. The summed E-state index contributed by atoms with van der Waals surface area (Å²) in [5.74, 6) is 0.860. The van der Waals surface area contributed by atoms with Crippen molar-refractivity contribution in [3.8, 4) is 0 Å². The molecular formula is C19H27N5O2. The Morgan fingerprint density at radius 2 is 2.00 bits per heavy atom. The summed E-state index contributed by atoms with van der Waals surface area (Å²) in [6.45, 7) is 5.79. The van der Waals surface area contributed by atoms with Gasteiger partial charge < -0.3 is 14.7 Å². The van der Waals surface area contributed by atoms with E-state index in [9.17, 15) is 5.11 Å². The van der Waals surface area contributed by atoms with Gasteiger partial charge in [-0.25, -0.2) is 4.68 Å². The molecule has 2 aliphatic rings. The summed E-state index contributed by atoms with van der Waals surface area (Å²) in [6.07, 6.45) is 2.29. The van der Waals surface area contributed by atoms with Gasteiger partial charge in [0.05, 0.1) is 6.10 Å². The third-order valence-corrected chi connectivity index (χ3v) is 6.21. The first-order chi connectivity index (χ1) is 12.7. The highest BCUT2D eigenvalue weighted by molar-refractivity contribution is 5.44. The second kappa shape index (κ2) is 7.06. The number of aliphatic hydroxyl groups excluding tert-OH is 1. The van der Waals surface area contributed by atoms with E-state index >= 15 is 0 Å². The Bertz CT molecular complexity index is 754. The topological polar surface area (TPSA) is 76.3 Å². The second-order valence-electron chi connectivity index (χ2n) is 7.49. The summed E-state index contributed by atoms with van der Waals surface area (Å²) in [7, 11) is 1.69. The molecule has 1 aliphatic heterocycles. The maximum atomic E-state index is 11.0. The largest absolute Gasteiger partial charge is 0.389 e. The normalized spacial score (nSPS) is 24.9. The average molecular weight is 357 g/mol. The summed E-state index contributed by atoms with van der Waals surface area (Å²) in [5, 5.41) is 22.6. The van der Waals surface area contributed by atoms with Crippen LogP contribution in [0.2, 0.25) is 0 Å². The number of likely N-dealkylation sites (tertiary alicyclic amines) is 1. The van der Waals surface area contributed by atoms with Crippen molar-refractivity contribution in [2.75, 3.05) is 26.7 Å². The lowest BCUT2D eigenvalue weighted by Crippen LogP contribution is -2.48. The van der Waals surface area contributed by atoms with Gasteiger partial charge in [-0.05, 0) is 67.4 Å². The van der Waals surface area contributed by atoms with Crippen LogP contribution in [0.3, 0.4) is 0 Å². The van der Waals surface area contributed by atoms with E-state index in [1.807, 2.05) is 17.7 Å². The van der Waals surface area contributed by atoms with Gasteiger partial charge in [0, 0.05) is 19.1 Å². The van der Waals surface area contributed by atoms with Crippen molar-refractivity contribution >= 4 is 0 Å². The van der Waals surface area contributed by atoms with Crippen LogP contribution in [-0.4, -0.2) is 63.1 Å². The predicted octanol–water partition coefficient (Wildman–Crippen LogP) is 1.47. The lowest BCUT2D eigenvalue weighted by Gasteiger charge is -2.42. The Morgan fingerprint density at radius 3 is 2.69 bits per heavy atom. The molecule has 1 aliphatic carbocycles. The highest BCUT2D eigenvalue weighted by Gasteiger charge is 2.52. The molecule has 4 rings (SSSR count). The Morgan fingerprint density at radius 1 is 1.23 bits per heavy atom. The third kappa shape index (κ3) is 2.84. The number of nitrogens with zero attached hydrogens (tertiary/aromatic N) is 5. The molecule has 1 fully saturated rings. The third-order valence-electron chi connectivity index (χ3n) is 6.21. The summed E-state index contributed by atoms with van der Waals surface area (Å²) >= 11 is 0. The van der Waals surface area contributed by atoms with Crippen molar-refractivity contribution < 1.29 is 9.84 Å². The van der Waals surface area contributed by atoms with Crippen molar-refractivity contribution in [3.63, 3.8) is 0 Å². The first-order valence-electron chi connectivity index (χ1n) is 9.41. The summed E-state index contributed by atoms with van der Waals surface area (Å²) in [5.41, 5.74) is 2.27. The molecule has 1 spiro atoms. The van der Waals surface area contributed by atoms with E-state index in [4.69, 9.17) is 4.74 Å². The van der Waals surface area contributed by atoms with Crippen molar-refractivity contribution in [1.29, 1.82) is 0 Å². The van der Waals surface area contributed by atoms with Gasteiger partial charge in [-0.3, -0.25) is 0 Å². The molecule has 7 heteroatoms. The molecule has 2 heterocycles. The van der Waals surface area contributed by atoms with Gasteiger partial charge in [0.25, 0.3) is 0 Å². The number of methoxy groups -OCH3 is 1. The van der Waals surface area contributed by atoms with E-state index in [1.165, 1.54) is 5.56 Å². The van der Waals surface area contributed by atoms with Crippen LogP contribution < -0.4 is 0 Å². The minimum Gasteiger partial charge on any atom is -0.389 e. The van der Waals surface area contributed by atoms with E-state index < -0.39 is 6.10 Å². The zero-order chi connectivity index (χ0) is 18.1. The number of hydrogen-bond donors (Lipinski definition) is 1. The molecule has 1 aromatic carbocycles. The van der Waals surface area contributed by atoms with E-state index in [0.717, 1.165) is 56.8 Å². The number of piperidine rings is 1. The van der Waals surface area contributed by atoms with Gasteiger partial charge in [0.15, 0.2) is 0 Å². The van der Waals surface area contributed by atoms with Crippen LogP contribution in [0.5, 0.6) is 0 Å². The van der Waals surface area contributed by atoms with Gasteiger partial charge in [0.1, 0.15) is 11.9 Å². The number of fused-ring (bicyclic) bond motifs is 2. The number of aromatic nitrogens is 4. The number of rotatable bonds is 5. The maximum absolute atomic E-state index is 11.0. The fourth-order valence-corrected chi connectivity index (χ4v) is 4.71. The van der Waals surface area contributed by atoms with Gasteiger partial charge >= 0.3 is 0 Å². The monoisotopic (exact) mass is 357 g/mol. The number of aliphatic hydroxyl groups is 1. The molecule has 0 amide bonds. The van der Waals surface area contributed by atoms with Crippen LogP contribution in [0, 0.1) is 6.92 Å². The molecule has 2 atom stereocenters. The van der Waals surface area contributed by atoms with Gasteiger partial charge in [0.2, 0.25) is 0 Å². The Kier molecular flexibility index (Phi) is 4.77. The van der Waals surface area contributed by atoms with Crippen LogP contribution >= 0.6 is 0 Å². The van der Waals surface area contributed by atoms with Crippen molar-refractivity contribution in [2.45, 2.75) is 50.4 Å². The van der Waals surface area contributed by atoms with Crippen LogP contribution in [0.25, 0.3) is 0 Å². The average Bonchev–Trinajstić information content (AvgIpc) is 3.17. The maximum Gasteiger partial charge on any atom is 0.148 e. The lowest BCUT2D eigenvalue weighted by atomic mass is 9.72. The molecule has 26 heavy (non-hydrogen) atoms. The highest BCUT2D eigenvalue weighted by Crippen LogP contribution is 2.51. The molecular weight excluding hydrogens is 330 g/mol. The SMILES string of the molecule is CO[C@@H]1c2ccccc2C2(CCN(CCCn3nnnc3C)CC2)[C@H]1O. The zero-order valence-corrected chi connectivity index (χ0v) is 15.5.